The molecule has 0 saturated heterocycles. The first-order chi connectivity index (χ1) is 12.1. The van der Waals surface area contributed by atoms with E-state index in [1.807, 2.05) is 0 Å². The van der Waals surface area contributed by atoms with Crippen LogP contribution in [0.3, 0.4) is 0 Å². The Kier molecular flexibility index (Phi) is 4.85. The molecule has 2 aromatic carbocycles. The van der Waals surface area contributed by atoms with Crippen LogP contribution in [0.2, 0.25) is 5.02 Å². The molecular weight excluding hydrogens is 437 g/mol. The summed E-state index contributed by atoms with van der Waals surface area (Å²) in [7, 11) is 0. The highest BCUT2D eigenvalue weighted by Crippen LogP contribution is 2.41. The third-order valence-electron chi connectivity index (χ3n) is 3.92. The molecule has 1 atom stereocenters. The molecule has 1 aliphatic rings. The van der Waals surface area contributed by atoms with Gasteiger partial charge in [0.25, 0.3) is 5.91 Å². The predicted octanol–water partition coefficient (Wildman–Crippen LogP) is 4.71. The third-order valence-corrected chi connectivity index (χ3v) is 4.86. The first kappa shape index (κ1) is 18.9. The Balaban J connectivity index is 2.10. The number of benzene rings is 2. The highest BCUT2D eigenvalue weighted by Gasteiger charge is 2.53. The van der Waals surface area contributed by atoms with E-state index < -0.39 is 29.9 Å². The van der Waals surface area contributed by atoms with Crippen molar-refractivity contribution in [2.24, 2.45) is 5.10 Å². The largest absolute Gasteiger partial charge is 0.431 e. The summed E-state index contributed by atoms with van der Waals surface area (Å²) in [5.41, 5.74) is -3.37. The number of amides is 1. The fourth-order valence-electron chi connectivity index (χ4n) is 2.61. The number of aliphatic hydroxyl groups is 1. The van der Waals surface area contributed by atoms with Crippen molar-refractivity contribution in [3.8, 4) is 0 Å². The van der Waals surface area contributed by atoms with Gasteiger partial charge in [-0.15, -0.1) is 0 Å². The van der Waals surface area contributed by atoms with E-state index in [2.05, 4.69) is 21.0 Å². The Hall–Kier alpha value is -1.90. The normalized spacial score (nSPS) is 20.2. The zero-order chi connectivity index (χ0) is 19.1. The number of nitrogens with zero attached hydrogens (tertiary/aromatic N) is 2. The van der Waals surface area contributed by atoms with Gasteiger partial charge in [0.1, 0.15) is 5.71 Å². The molecule has 4 nitrogen and oxygen atoms in total. The Morgan fingerprint density at radius 3 is 2.38 bits per heavy atom. The molecule has 2 aromatic rings. The molecule has 0 bridgehead atoms. The lowest BCUT2D eigenvalue weighted by Gasteiger charge is -2.31. The van der Waals surface area contributed by atoms with E-state index in [-0.39, 0.29) is 11.1 Å². The van der Waals surface area contributed by atoms with Crippen LogP contribution < -0.4 is 0 Å². The summed E-state index contributed by atoms with van der Waals surface area (Å²) in [6.45, 7) is 0. The molecule has 1 amide bonds. The van der Waals surface area contributed by atoms with Gasteiger partial charge in [-0.3, -0.25) is 4.79 Å². The van der Waals surface area contributed by atoms with Crippen LogP contribution in [-0.4, -0.2) is 27.9 Å². The topological polar surface area (TPSA) is 52.9 Å². The van der Waals surface area contributed by atoms with Crippen LogP contribution >= 0.6 is 27.5 Å². The Labute approximate surface area is 160 Å². The lowest BCUT2D eigenvalue weighted by Crippen LogP contribution is -2.43. The Bertz CT molecular complexity index is 886. The van der Waals surface area contributed by atoms with Gasteiger partial charge in [-0.1, -0.05) is 35.9 Å². The van der Waals surface area contributed by atoms with Crippen LogP contribution in [0.4, 0.5) is 13.2 Å². The quantitative estimate of drug-likeness (QED) is 0.725. The smallest absolute Gasteiger partial charge is 0.365 e. The molecule has 0 radical (unpaired) electrons. The molecule has 0 aromatic heterocycles. The third kappa shape index (κ3) is 3.36. The van der Waals surface area contributed by atoms with E-state index in [0.717, 1.165) is 0 Å². The fourth-order valence-corrected chi connectivity index (χ4v) is 3.19. The number of rotatable bonds is 2. The maximum Gasteiger partial charge on any atom is 0.431 e. The van der Waals surface area contributed by atoms with Gasteiger partial charge in [-0.05, 0) is 40.2 Å². The summed E-state index contributed by atoms with van der Waals surface area (Å²) < 4.78 is 40.0. The minimum atomic E-state index is -4.77. The molecule has 1 heterocycles. The molecule has 1 N–H and O–H groups in total. The van der Waals surface area contributed by atoms with E-state index in [9.17, 15) is 23.1 Å². The minimum absolute atomic E-state index is 0.0744. The van der Waals surface area contributed by atoms with Gasteiger partial charge in [-0.25, -0.2) is 0 Å². The number of alkyl halides is 3. The maximum atomic E-state index is 13.2. The molecule has 0 saturated carbocycles. The molecular formula is C17H11BrClF3N2O2. The summed E-state index contributed by atoms with van der Waals surface area (Å²) >= 11 is 8.99. The van der Waals surface area contributed by atoms with E-state index >= 15 is 0 Å². The summed E-state index contributed by atoms with van der Waals surface area (Å²) in [5, 5.41) is 15.2. The second-order valence-electron chi connectivity index (χ2n) is 5.64. The van der Waals surface area contributed by atoms with E-state index in [4.69, 9.17) is 11.6 Å². The van der Waals surface area contributed by atoms with Crippen molar-refractivity contribution in [3.63, 3.8) is 0 Å². The molecule has 1 unspecified atom stereocenters. The molecule has 136 valence electrons. The van der Waals surface area contributed by atoms with Crippen LogP contribution in [0, 0.1) is 0 Å². The van der Waals surface area contributed by atoms with Crippen molar-refractivity contribution in [1.29, 1.82) is 0 Å². The SMILES string of the molecule is O=C(c1ccccc1Br)N1N=C(C(F)(F)F)CC1(O)c1ccc(Cl)cc1. The van der Waals surface area contributed by atoms with Gasteiger partial charge < -0.3 is 5.11 Å². The Morgan fingerprint density at radius 1 is 1.19 bits per heavy atom. The summed E-state index contributed by atoms with van der Waals surface area (Å²) in [6.07, 6.45) is -5.66. The van der Waals surface area contributed by atoms with Crippen molar-refractivity contribution in [2.45, 2.75) is 18.3 Å². The average Bonchev–Trinajstić information content (AvgIpc) is 2.94. The Morgan fingerprint density at radius 2 is 1.81 bits per heavy atom. The van der Waals surface area contributed by atoms with Crippen LogP contribution in [0.5, 0.6) is 0 Å². The average molecular weight is 448 g/mol. The number of carbonyl (C=O) groups excluding carboxylic acids is 1. The number of hydrogen-bond acceptors (Lipinski definition) is 3. The first-order valence-electron chi connectivity index (χ1n) is 7.35. The van der Waals surface area contributed by atoms with Crippen molar-refractivity contribution >= 4 is 39.1 Å². The lowest BCUT2D eigenvalue weighted by molar-refractivity contribution is -0.0816. The minimum Gasteiger partial charge on any atom is -0.365 e. The van der Waals surface area contributed by atoms with E-state index in [1.54, 1.807) is 18.2 Å². The van der Waals surface area contributed by atoms with Crippen molar-refractivity contribution in [2.75, 3.05) is 0 Å². The number of hydrogen-bond donors (Lipinski definition) is 1. The van der Waals surface area contributed by atoms with Crippen LogP contribution in [0.15, 0.2) is 58.1 Å². The summed E-state index contributed by atoms with van der Waals surface area (Å²) in [5.74, 6) is -0.867. The van der Waals surface area contributed by atoms with E-state index in [0.29, 0.717) is 14.5 Å². The molecule has 0 spiro atoms. The second-order valence-corrected chi connectivity index (χ2v) is 6.93. The van der Waals surface area contributed by atoms with Gasteiger partial charge in [0.05, 0.1) is 12.0 Å². The summed E-state index contributed by atoms with van der Waals surface area (Å²) in [4.78, 5) is 12.8. The van der Waals surface area contributed by atoms with Gasteiger partial charge in [0.2, 0.25) is 0 Å². The van der Waals surface area contributed by atoms with Crippen molar-refractivity contribution in [1.82, 2.24) is 5.01 Å². The van der Waals surface area contributed by atoms with Crippen molar-refractivity contribution in [3.05, 3.63) is 69.2 Å². The molecule has 26 heavy (non-hydrogen) atoms. The molecule has 3 rings (SSSR count). The van der Waals surface area contributed by atoms with Gasteiger partial charge in [-0.2, -0.15) is 23.3 Å². The zero-order valence-electron chi connectivity index (χ0n) is 13.0. The molecule has 1 aliphatic heterocycles. The van der Waals surface area contributed by atoms with Crippen molar-refractivity contribution < 1.29 is 23.1 Å². The van der Waals surface area contributed by atoms with Gasteiger partial charge >= 0.3 is 6.18 Å². The number of hydrazone groups is 1. The zero-order valence-corrected chi connectivity index (χ0v) is 15.3. The first-order valence-corrected chi connectivity index (χ1v) is 8.52. The standard InChI is InChI=1S/C17H11BrClF3N2O2/c18-13-4-2-1-3-12(13)15(25)24-16(26,9-14(23-24)17(20,21)22)10-5-7-11(19)8-6-10/h1-8,26H,9H2. The molecule has 9 heteroatoms. The van der Waals surface area contributed by atoms with Crippen LogP contribution in [0.25, 0.3) is 0 Å². The monoisotopic (exact) mass is 446 g/mol. The number of carbonyl (C=O) groups is 1. The van der Waals surface area contributed by atoms with E-state index in [1.165, 1.54) is 30.3 Å². The summed E-state index contributed by atoms with van der Waals surface area (Å²) in [6, 6.07) is 11.8. The lowest BCUT2D eigenvalue weighted by atomic mass is 9.96. The van der Waals surface area contributed by atoms with Crippen LogP contribution in [0.1, 0.15) is 22.3 Å². The van der Waals surface area contributed by atoms with Gasteiger partial charge in [0.15, 0.2) is 5.72 Å². The molecule has 0 fully saturated rings. The van der Waals surface area contributed by atoms with Gasteiger partial charge in [0, 0.05) is 15.1 Å². The fraction of sp³-hybridized carbons (Fsp3) is 0.176. The highest BCUT2D eigenvalue weighted by molar-refractivity contribution is 9.10. The second kappa shape index (κ2) is 6.68. The van der Waals surface area contributed by atoms with Crippen LogP contribution in [-0.2, 0) is 5.72 Å². The number of halogens is 5. The maximum absolute atomic E-state index is 13.2. The molecule has 0 aliphatic carbocycles. The highest BCUT2D eigenvalue weighted by atomic mass is 79.9. The predicted molar refractivity (Wildman–Crippen MR) is 93.8 cm³/mol.